The van der Waals surface area contributed by atoms with Crippen molar-refractivity contribution in [3.05, 3.63) is 89.2 Å². The van der Waals surface area contributed by atoms with Crippen molar-refractivity contribution < 1.29 is 13.6 Å². The van der Waals surface area contributed by atoms with E-state index in [4.69, 9.17) is 4.42 Å². The van der Waals surface area contributed by atoms with E-state index < -0.39 is 0 Å². The van der Waals surface area contributed by atoms with Crippen molar-refractivity contribution >= 4 is 11.6 Å². The van der Waals surface area contributed by atoms with Crippen LogP contribution in [0.25, 0.3) is 22.9 Å². The highest BCUT2D eigenvalue weighted by Gasteiger charge is 2.13. The molecule has 0 atom stereocenters. The van der Waals surface area contributed by atoms with Crippen LogP contribution in [0.2, 0.25) is 0 Å². The fourth-order valence-corrected chi connectivity index (χ4v) is 2.96. The van der Waals surface area contributed by atoms with Crippen LogP contribution in [0.1, 0.15) is 21.5 Å². The molecule has 4 rings (SSSR count). The van der Waals surface area contributed by atoms with Gasteiger partial charge in [-0.2, -0.15) is 0 Å². The molecule has 0 unspecified atom stereocenters. The molecule has 1 amide bonds. The molecule has 0 aliphatic carbocycles. The molecule has 0 aliphatic heterocycles. The summed E-state index contributed by atoms with van der Waals surface area (Å²) in [6.07, 6.45) is 0. The summed E-state index contributed by atoms with van der Waals surface area (Å²) in [5, 5.41) is 11.0. The predicted octanol–water partition coefficient (Wildman–Crippen LogP) is 5.41. The first kappa shape index (κ1) is 18.6. The maximum atomic E-state index is 13.2. The lowest BCUT2D eigenvalue weighted by molar-refractivity contribution is 0.102. The number of amides is 1. The second-order valence-electron chi connectivity index (χ2n) is 6.77. The number of nitrogens with one attached hydrogen (secondary N) is 1. The molecular formula is C23H18FN3O2. The van der Waals surface area contributed by atoms with Crippen LogP contribution in [-0.2, 0) is 0 Å². The fourth-order valence-electron chi connectivity index (χ4n) is 2.96. The molecule has 0 saturated heterocycles. The van der Waals surface area contributed by atoms with Crippen LogP contribution in [0.4, 0.5) is 10.1 Å². The van der Waals surface area contributed by atoms with E-state index in [0.29, 0.717) is 34.2 Å². The lowest BCUT2D eigenvalue weighted by atomic mass is 10.1. The summed E-state index contributed by atoms with van der Waals surface area (Å²) in [5.41, 5.74) is 4.37. The van der Waals surface area contributed by atoms with Crippen LogP contribution in [0.5, 0.6) is 0 Å². The zero-order valence-electron chi connectivity index (χ0n) is 15.9. The Balaban J connectivity index is 1.51. The van der Waals surface area contributed by atoms with Crippen molar-refractivity contribution in [2.24, 2.45) is 0 Å². The van der Waals surface area contributed by atoms with E-state index in [2.05, 4.69) is 15.5 Å². The average Bonchev–Trinajstić information content (AvgIpc) is 3.20. The molecule has 0 bridgehead atoms. The first-order valence-corrected chi connectivity index (χ1v) is 9.08. The second-order valence-corrected chi connectivity index (χ2v) is 6.77. The van der Waals surface area contributed by atoms with Gasteiger partial charge in [0, 0.05) is 22.4 Å². The summed E-state index contributed by atoms with van der Waals surface area (Å²) in [4.78, 5) is 12.5. The van der Waals surface area contributed by atoms with Crippen LogP contribution in [0.3, 0.4) is 0 Å². The number of nitrogens with zero attached hydrogens (tertiary/aromatic N) is 2. The van der Waals surface area contributed by atoms with Gasteiger partial charge in [0.25, 0.3) is 5.91 Å². The van der Waals surface area contributed by atoms with Crippen molar-refractivity contribution in [2.45, 2.75) is 13.8 Å². The zero-order valence-corrected chi connectivity index (χ0v) is 15.9. The molecule has 0 spiro atoms. The van der Waals surface area contributed by atoms with Crippen LogP contribution in [-0.4, -0.2) is 16.1 Å². The number of hydrogen-bond acceptors (Lipinski definition) is 4. The first-order chi connectivity index (χ1) is 14.0. The van der Waals surface area contributed by atoms with Gasteiger partial charge < -0.3 is 9.73 Å². The molecule has 1 N–H and O–H groups in total. The monoisotopic (exact) mass is 387 g/mol. The molecule has 3 aromatic carbocycles. The van der Waals surface area contributed by atoms with E-state index in [1.807, 2.05) is 31.2 Å². The van der Waals surface area contributed by atoms with E-state index >= 15 is 0 Å². The molecule has 0 radical (unpaired) electrons. The van der Waals surface area contributed by atoms with Gasteiger partial charge in [-0.3, -0.25) is 4.79 Å². The Labute approximate surface area is 167 Å². The van der Waals surface area contributed by atoms with Crippen LogP contribution >= 0.6 is 0 Å². The third-order valence-electron chi connectivity index (χ3n) is 4.52. The van der Waals surface area contributed by atoms with Gasteiger partial charge in [0.1, 0.15) is 5.82 Å². The number of halogens is 1. The summed E-state index contributed by atoms with van der Waals surface area (Å²) < 4.78 is 19.0. The Morgan fingerprint density at radius 2 is 1.62 bits per heavy atom. The van der Waals surface area contributed by atoms with E-state index in [0.717, 1.165) is 11.1 Å². The third kappa shape index (κ3) is 4.06. The highest BCUT2D eigenvalue weighted by molar-refractivity contribution is 6.04. The van der Waals surface area contributed by atoms with Gasteiger partial charge >= 0.3 is 0 Å². The molecule has 1 aromatic heterocycles. The molecule has 0 fully saturated rings. The zero-order chi connectivity index (χ0) is 20.4. The Morgan fingerprint density at radius 3 is 2.31 bits per heavy atom. The highest BCUT2D eigenvalue weighted by atomic mass is 19.1. The van der Waals surface area contributed by atoms with Crippen molar-refractivity contribution in [3.63, 3.8) is 0 Å². The molecule has 4 aromatic rings. The Morgan fingerprint density at radius 1 is 0.897 bits per heavy atom. The Bertz CT molecular complexity index is 1180. The minimum Gasteiger partial charge on any atom is -0.416 e. The quantitative estimate of drug-likeness (QED) is 0.508. The standard InChI is InChI=1S/C23H18FN3O2/c1-14-4-3-5-18(12-14)23-27-26-22(29-23)17-8-6-16(7-9-17)21(28)25-20-11-10-19(24)13-15(20)2/h3-13H,1-2H3,(H,25,28). The average molecular weight is 387 g/mol. The maximum absolute atomic E-state index is 13.2. The second kappa shape index (κ2) is 7.67. The predicted molar refractivity (Wildman–Crippen MR) is 109 cm³/mol. The summed E-state index contributed by atoms with van der Waals surface area (Å²) >= 11 is 0. The number of hydrogen-bond donors (Lipinski definition) is 1. The van der Waals surface area contributed by atoms with Crippen molar-refractivity contribution in [1.29, 1.82) is 0 Å². The van der Waals surface area contributed by atoms with Gasteiger partial charge in [0.05, 0.1) is 0 Å². The van der Waals surface area contributed by atoms with Gasteiger partial charge in [-0.05, 0) is 74.0 Å². The summed E-state index contributed by atoms with van der Waals surface area (Å²) in [6, 6.07) is 18.9. The van der Waals surface area contributed by atoms with E-state index in [1.54, 1.807) is 37.3 Å². The van der Waals surface area contributed by atoms with Crippen molar-refractivity contribution in [2.75, 3.05) is 5.32 Å². The van der Waals surface area contributed by atoms with E-state index in [9.17, 15) is 9.18 Å². The van der Waals surface area contributed by atoms with Gasteiger partial charge in [0.2, 0.25) is 11.8 Å². The van der Waals surface area contributed by atoms with Gasteiger partial charge in [-0.25, -0.2) is 4.39 Å². The van der Waals surface area contributed by atoms with Crippen LogP contribution < -0.4 is 5.32 Å². The maximum Gasteiger partial charge on any atom is 0.255 e. The Kier molecular flexibility index (Phi) is 4.91. The fraction of sp³-hybridized carbons (Fsp3) is 0.0870. The minimum absolute atomic E-state index is 0.280. The molecular weight excluding hydrogens is 369 g/mol. The Hall–Kier alpha value is -3.80. The molecule has 6 heteroatoms. The summed E-state index contributed by atoms with van der Waals surface area (Å²) in [7, 11) is 0. The van der Waals surface area contributed by atoms with Gasteiger partial charge in [0.15, 0.2) is 0 Å². The van der Waals surface area contributed by atoms with Crippen LogP contribution in [0.15, 0.2) is 71.1 Å². The van der Waals surface area contributed by atoms with E-state index in [1.165, 1.54) is 12.1 Å². The third-order valence-corrected chi connectivity index (χ3v) is 4.52. The smallest absolute Gasteiger partial charge is 0.255 e. The van der Waals surface area contributed by atoms with Crippen LogP contribution in [0, 0.1) is 19.7 Å². The summed E-state index contributed by atoms with van der Waals surface area (Å²) in [6.45, 7) is 3.74. The van der Waals surface area contributed by atoms with Gasteiger partial charge in [-0.15, -0.1) is 10.2 Å². The molecule has 144 valence electrons. The number of carbonyl (C=O) groups excluding carboxylic acids is 1. The molecule has 1 heterocycles. The first-order valence-electron chi connectivity index (χ1n) is 9.08. The van der Waals surface area contributed by atoms with Crippen molar-refractivity contribution in [3.8, 4) is 22.9 Å². The lowest BCUT2D eigenvalue weighted by Crippen LogP contribution is -2.12. The number of benzene rings is 3. The lowest BCUT2D eigenvalue weighted by Gasteiger charge is -2.08. The van der Waals surface area contributed by atoms with Crippen molar-refractivity contribution in [1.82, 2.24) is 10.2 Å². The molecule has 0 saturated carbocycles. The SMILES string of the molecule is Cc1cccc(-c2nnc(-c3ccc(C(=O)Nc4ccc(F)cc4C)cc3)o2)c1. The number of rotatable bonds is 4. The molecule has 5 nitrogen and oxygen atoms in total. The van der Waals surface area contributed by atoms with Gasteiger partial charge in [-0.1, -0.05) is 17.7 Å². The minimum atomic E-state index is -0.338. The highest BCUT2D eigenvalue weighted by Crippen LogP contribution is 2.25. The number of anilines is 1. The topological polar surface area (TPSA) is 68.0 Å². The molecule has 0 aliphatic rings. The number of carbonyl (C=O) groups is 1. The number of aromatic nitrogens is 2. The number of aryl methyl sites for hydroxylation is 2. The normalized spacial score (nSPS) is 10.7. The molecule has 29 heavy (non-hydrogen) atoms. The van der Waals surface area contributed by atoms with E-state index in [-0.39, 0.29) is 11.7 Å². The summed E-state index contributed by atoms with van der Waals surface area (Å²) in [5.74, 6) is 0.201. The largest absolute Gasteiger partial charge is 0.416 e.